The van der Waals surface area contributed by atoms with E-state index in [0.29, 0.717) is 16.5 Å². The van der Waals surface area contributed by atoms with Gasteiger partial charge in [-0.25, -0.2) is 0 Å². The van der Waals surface area contributed by atoms with Gasteiger partial charge < -0.3 is 10.6 Å². The van der Waals surface area contributed by atoms with Crippen LogP contribution in [0.5, 0.6) is 0 Å². The average molecular weight is 396 g/mol. The lowest BCUT2D eigenvalue weighted by Crippen LogP contribution is -2.22. The number of alkyl halides is 3. The van der Waals surface area contributed by atoms with Gasteiger partial charge >= 0.3 is 6.18 Å². The molecule has 0 radical (unpaired) electrons. The zero-order chi connectivity index (χ0) is 19.8. The minimum absolute atomic E-state index is 0.104. The van der Waals surface area contributed by atoms with E-state index in [1.165, 1.54) is 30.5 Å². The minimum Gasteiger partial charge on any atom is -0.355 e. The van der Waals surface area contributed by atoms with Crippen LogP contribution in [0.1, 0.15) is 50.1 Å². The van der Waals surface area contributed by atoms with E-state index in [9.17, 15) is 22.8 Å². The van der Waals surface area contributed by atoms with Crippen LogP contribution in [0.3, 0.4) is 0 Å². The van der Waals surface area contributed by atoms with E-state index in [-0.39, 0.29) is 11.5 Å². The summed E-state index contributed by atoms with van der Waals surface area (Å²) in [6.07, 6.45) is -2.00. The summed E-state index contributed by atoms with van der Waals surface area (Å²) in [6.45, 7) is 2.13. The van der Waals surface area contributed by atoms with E-state index in [4.69, 9.17) is 0 Å². The summed E-state index contributed by atoms with van der Waals surface area (Å²) in [5.74, 6) is -0.486. The quantitative estimate of drug-likeness (QED) is 0.802. The first kappa shape index (κ1) is 19.4. The highest BCUT2D eigenvalue weighted by atomic mass is 32.1. The molecule has 1 heterocycles. The van der Waals surface area contributed by atoms with E-state index < -0.39 is 17.6 Å². The molecule has 1 aromatic heterocycles. The molecule has 1 atom stereocenters. The second kappa shape index (κ2) is 7.34. The SMILES string of the molecule is CNC(=O)c1c(NC(=O)c2cccc(C(F)(F)F)c2)sc2c1CCC(C)C2. The van der Waals surface area contributed by atoms with Gasteiger partial charge in [-0.15, -0.1) is 11.3 Å². The van der Waals surface area contributed by atoms with Crippen molar-refractivity contribution in [1.82, 2.24) is 5.32 Å². The first-order valence-corrected chi connectivity index (χ1v) is 9.37. The molecule has 2 N–H and O–H groups in total. The molecule has 4 nitrogen and oxygen atoms in total. The molecule has 8 heteroatoms. The molecule has 3 rings (SSSR count). The second-order valence-electron chi connectivity index (χ2n) is 6.67. The van der Waals surface area contributed by atoms with Gasteiger partial charge in [0.05, 0.1) is 11.1 Å². The lowest BCUT2D eigenvalue weighted by Gasteiger charge is -2.18. The van der Waals surface area contributed by atoms with Gasteiger partial charge in [0.2, 0.25) is 0 Å². The van der Waals surface area contributed by atoms with Crippen molar-refractivity contribution in [2.45, 2.75) is 32.4 Å². The van der Waals surface area contributed by atoms with E-state index in [1.54, 1.807) is 0 Å². The Morgan fingerprint density at radius 1 is 1.22 bits per heavy atom. The Bertz CT molecular complexity index is 890. The van der Waals surface area contributed by atoms with E-state index in [2.05, 4.69) is 17.6 Å². The number of carbonyl (C=O) groups excluding carboxylic acids is 2. The maximum absolute atomic E-state index is 12.9. The van der Waals surface area contributed by atoms with E-state index >= 15 is 0 Å². The van der Waals surface area contributed by atoms with Crippen molar-refractivity contribution >= 4 is 28.2 Å². The van der Waals surface area contributed by atoms with Crippen LogP contribution in [0.25, 0.3) is 0 Å². The average Bonchev–Trinajstić information content (AvgIpc) is 2.97. The van der Waals surface area contributed by atoms with E-state index in [0.717, 1.165) is 41.8 Å². The molecule has 0 bridgehead atoms. The molecule has 2 aromatic rings. The number of benzene rings is 1. The van der Waals surface area contributed by atoms with Crippen LogP contribution in [0, 0.1) is 5.92 Å². The van der Waals surface area contributed by atoms with Gasteiger partial charge in [0.15, 0.2) is 0 Å². The summed E-state index contributed by atoms with van der Waals surface area (Å²) in [5.41, 5.74) is 0.356. The molecule has 1 aliphatic carbocycles. The Kier molecular flexibility index (Phi) is 5.28. The van der Waals surface area contributed by atoms with Crippen molar-refractivity contribution in [3.8, 4) is 0 Å². The highest BCUT2D eigenvalue weighted by Crippen LogP contribution is 2.40. The molecule has 0 fully saturated rings. The minimum atomic E-state index is -4.53. The largest absolute Gasteiger partial charge is 0.416 e. The van der Waals surface area contributed by atoms with Gasteiger partial charge in [0, 0.05) is 17.5 Å². The topological polar surface area (TPSA) is 58.2 Å². The number of fused-ring (bicyclic) bond motifs is 1. The highest BCUT2D eigenvalue weighted by molar-refractivity contribution is 7.17. The highest BCUT2D eigenvalue weighted by Gasteiger charge is 2.31. The lowest BCUT2D eigenvalue weighted by atomic mass is 9.88. The standard InChI is InChI=1S/C19H19F3N2O2S/c1-10-6-7-13-14(8-10)27-18(15(13)17(26)23-2)24-16(25)11-4-3-5-12(9-11)19(20,21)22/h3-5,9-10H,6-8H2,1-2H3,(H,23,26)(H,24,25). The van der Waals surface area contributed by atoms with Crippen LogP contribution in [0.2, 0.25) is 0 Å². The fraction of sp³-hybridized carbons (Fsp3) is 0.368. The number of rotatable bonds is 3. The van der Waals surface area contributed by atoms with Crippen molar-refractivity contribution < 1.29 is 22.8 Å². The zero-order valence-corrected chi connectivity index (χ0v) is 15.7. The van der Waals surface area contributed by atoms with Gasteiger partial charge in [0.25, 0.3) is 11.8 Å². The van der Waals surface area contributed by atoms with Crippen molar-refractivity contribution in [2.75, 3.05) is 12.4 Å². The number of halogens is 3. The van der Waals surface area contributed by atoms with Gasteiger partial charge in [-0.3, -0.25) is 9.59 Å². The molecular formula is C19H19F3N2O2S. The van der Waals surface area contributed by atoms with Gasteiger partial charge in [-0.2, -0.15) is 13.2 Å². The molecule has 1 aliphatic rings. The zero-order valence-electron chi connectivity index (χ0n) is 14.9. The van der Waals surface area contributed by atoms with Crippen LogP contribution >= 0.6 is 11.3 Å². The maximum Gasteiger partial charge on any atom is 0.416 e. The molecule has 0 saturated carbocycles. The molecule has 1 aromatic carbocycles. The molecule has 27 heavy (non-hydrogen) atoms. The number of carbonyl (C=O) groups is 2. The van der Waals surface area contributed by atoms with Gasteiger partial charge in [-0.1, -0.05) is 13.0 Å². The van der Waals surface area contributed by atoms with Crippen LogP contribution in [0.4, 0.5) is 18.2 Å². The summed E-state index contributed by atoms with van der Waals surface area (Å²) in [4.78, 5) is 25.9. The lowest BCUT2D eigenvalue weighted by molar-refractivity contribution is -0.137. The number of anilines is 1. The predicted molar refractivity (Wildman–Crippen MR) is 98.3 cm³/mol. The second-order valence-corrected chi connectivity index (χ2v) is 7.77. The van der Waals surface area contributed by atoms with Gasteiger partial charge in [0.1, 0.15) is 5.00 Å². The number of hydrogen-bond acceptors (Lipinski definition) is 3. The third-order valence-electron chi connectivity index (χ3n) is 4.64. The fourth-order valence-electron chi connectivity index (χ4n) is 3.22. The molecular weight excluding hydrogens is 377 g/mol. The first-order valence-electron chi connectivity index (χ1n) is 8.56. The molecule has 0 aliphatic heterocycles. The third-order valence-corrected chi connectivity index (χ3v) is 5.81. The summed E-state index contributed by atoms with van der Waals surface area (Å²) in [5, 5.41) is 5.61. The van der Waals surface area contributed by atoms with Crippen LogP contribution in [-0.2, 0) is 19.0 Å². The normalized spacial score (nSPS) is 16.6. The van der Waals surface area contributed by atoms with E-state index in [1.807, 2.05) is 0 Å². The van der Waals surface area contributed by atoms with Crippen molar-refractivity contribution in [3.63, 3.8) is 0 Å². The molecule has 1 unspecified atom stereocenters. The Morgan fingerprint density at radius 3 is 2.63 bits per heavy atom. The van der Waals surface area contributed by atoms with Crippen molar-refractivity contribution in [3.05, 3.63) is 51.4 Å². The fourth-order valence-corrected chi connectivity index (χ4v) is 4.62. The van der Waals surface area contributed by atoms with Gasteiger partial charge in [-0.05, 0) is 48.9 Å². The van der Waals surface area contributed by atoms with Crippen molar-refractivity contribution in [1.29, 1.82) is 0 Å². The predicted octanol–water partition coefficient (Wildman–Crippen LogP) is 4.50. The van der Waals surface area contributed by atoms with Crippen LogP contribution in [-0.4, -0.2) is 18.9 Å². The smallest absolute Gasteiger partial charge is 0.355 e. The van der Waals surface area contributed by atoms with Crippen molar-refractivity contribution in [2.24, 2.45) is 5.92 Å². The summed E-state index contributed by atoms with van der Waals surface area (Å²) < 4.78 is 38.6. The Hall–Kier alpha value is -2.35. The molecule has 0 saturated heterocycles. The molecule has 144 valence electrons. The number of thiophene rings is 1. The number of hydrogen-bond donors (Lipinski definition) is 2. The number of amides is 2. The van der Waals surface area contributed by atoms with Crippen LogP contribution in [0.15, 0.2) is 24.3 Å². The third kappa shape index (κ3) is 4.00. The maximum atomic E-state index is 12.9. The van der Waals surface area contributed by atoms with Crippen LogP contribution < -0.4 is 10.6 Å². The summed E-state index contributed by atoms with van der Waals surface area (Å²) >= 11 is 1.33. The summed E-state index contributed by atoms with van der Waals surface area (Å²) in [6, 6.07) is 4.24. The Balaban J connectivity index is 1.94. The monoisotopic (exact) mass is 396 g/mol. The Morgan fingerprint density at radius 2 is 1.96 bits per heavy atom. The number of nitrogens with one attached hydrogen (secondary N) is 2. The first-order chi connectivity index (χ1) is 12.7. The summed E-state index contributed by atoms with van der Waals surface area (Å²) in [7, 11) is 1.51. The Labute approximate surface area is 158 Å². The molecule has 0 spiro atoms. The molecule has 2 amide bonds.